The molecule has 2 aliphatic heterocycles. The maximum absolute atomic E-state index is 6.26. The molecule has 12 rings (SSSR count). The number of unbranched alkanes of at least 4 members (excludes halogenated alkanes) is 4. The van der Waals surface area contributed by atoms with E-state index in [1.165, 1.54) is 52.5 Å². The number of ether oxygens (including phenoxy) is 6. The van der Waals surface area contributed by atoms with Gasteiger partial charge in [0.1, 0.15) is 0 Å². The van der Waals surface area contributed by atoms with Crippen molar-refractivity contribution >= 4 is 98.0 Å². The highest BCUT2D eigenvalue weighted by Crippen LogP contribution is 2.50. The van der Waals surface area contributed by atoms with E-state index < -0.39 is 0 Å². The van der Waals surface area contributed by atoms with Gasteiger partial charge in [-0.2, -0.15) is 0 Å². The minimum absolute atomic E-state index is 0.244. The molecule has 9 aromatic carbocycles. The molecule has 0 bridgehead atoms. The minimum Gasteiger partial charge on any atom is -0.381 e. The van der Waals surface area contributed by atoms with E-state index in [4.69, 9.17) is 28.4 Å². The Labute approximate surface area is 470 Å². The Hall–Kier alpha value is -6.40. The van der Waals surface area contributed by atoms with E-state index in [9.17, 15) is 0 Å². The Morgan fingerprint density at radius 1 is 0.392 bits per heavy atom. The lowest BCUT2D eigenvalue weighted by atomic mass is 9.84. The third-order valence-corrected chi connectivity index (χ3v) is 17.9. The van der Waals surface area contributed by atoms with Gasteiger partial charge in [-0.15, -0.1) is 11.3 Å². The molecule has 1 aromatic heterocycles. The van der Waals surface area contributed by atoms with Crippen LogP contribution in [-0.4, -0.2) is 66.1 Å². The average molecular weight is 1070 g/mol. The van der Waals surface area contributed by atoms with Crippen LogP contribution >= 0.6 is 11.3 Å². The van der Waals surface area contributed by atoms with Crippen molar-refractivity contribution in [2.24, 2.45) is 10.8 Å². The van der Waals surface area contributed by atoms with Crippen LogP contribution in [0.5, 0.6) is 0 Å². The van der Waals surface area contributed by atoms with Crippen molar-refractivity contribution in [2.75, 3.05) is 75.9 Å². The number of fused-ring (bicyclic) bond motifs is 3. The van der Waals surface area contributed by atoms with Crippen LogP contribution in [0.1, 0.15) is 76.3 Å². The lowest BCUT2D eigenvalue weighted by Crippen LogP contribution is -2.45. The predicted molar refractivity (Wildman–Crippen MR) is 328 cm³/mol. The molecular weight excluding hydrogens is 997 g/mol. The van der Waals surface area contributed by atoms with Gasteiger partial charge in [0, 0.05) is 85.3 Å². The zero-order valence-electron chi connectivity index (χ0n) is 46.1. The summed E-state index contributed by atoms with van der Waals surface area (Å²) in [5, 5.41) is 9.91. The van der Waals surface area contributed by atoms with Crippen LogP contribution in [-0.2, 0) is 41.6 Å². The second kappa shape index (κ2) is 24.5. The Morgan fingerprint density at radius 2 is 0.861 bits per heavy atom. The lowest BCUT2D eigenvalue weighted by Gasteiger charge is -2.40. The SMILES string of the molecule is CCC1(COCCCCCOCc2ccc(N(c3ccccc3)c3ccc4ccc5c(N(c6ccc(COCCCCCOCC7(CC)COC7)cc6)c6cccc7sc8ccccc8c67)ccc6ccc3c4c65)cc2)COC1. The molecule has 0 radical (unpaired) electrons. The van der Waals surface area contributed by atoms with Crippen LogP contribution in [0, 0.1) is 10.8 Å². The van der Waals surface area contributed by atoms with E-state index in [0.717, 1.165) is 163 Å². The van der Waals surface area contributed by atoms with Gasteiger partial charge < -0.3 is 38.2 Å². The van der Waals surface area contributed by atoms with E-state index >= 15 is 0 Å². The van der Waals surface area contributed by atoms with Gasteiger partial charge in [-0.3, -0.25) is 0 Å². The van der Waals surface area contributed by atoms with Gasteiger partial charge in [-0.1, -0.05) is 117 Å². The largest absolute Gasteiger partial charge is 0.381 e. The molecule has 0 spiro atoms. The Balaban J connectivity index is 0.805. The van der Waals surface area contributed by atoms with Crippen molar-refractivity contribution in [1.82, 2.24) is 0 Å². The Morgan fingerprint density at radius 3 is 1.39 bits per heavy atom. The minimum atomic E-state index is 0.244. The maximum atomic E-state index is 6.26. The summed E-state index contributed by atoms with van der Waals surface area (Å²) in [5.41, 5.74) is 9.56. The van der Waals surface area contributed by atoms with Gasteiger partial charge in [0.25, 0.3) is 0 Å². The first-order chi connectivity index (χ1) is 39.0. The molecule has 0 N–H and O–H groups in total. The number of anilines is 6. The molecule has 406 valence electrons. The third kappa shape index (κ3) is 11.4. The molecule has 0 atom stereocenters. The number of benzene rings is 9. The number of hydrogen-bond acceptors (Lipinski definition) is 9. The van der Waals surface area contributed by atoms with Crippen molar-refractivity contribution in [3.8, 4) is 0 Å². The number of hydrogen-bond donors (Lipinski definition) is 0. The highest BCUT2D eigenvalue weighted by Gasteiger charge is 2.38. The van der Waals surface area contributed by atoms with E-state index in [1.54, 1.807) is 0 Å². The molecule has 2 saturated heterocycles. The number of thiophene rings is 1. The Bertz CT molecular complexity index is 3580. The molecule has 2 aliphatic rings. The second-order valence-corrected chi connectivity index (χ2v) is 23.3. The van der Waals surface area contributed by atoms with Crippen LogP contribution in [0.2, 0.25) is 0 Å². The lowest BCUT2D eigenvalue weighted by molar-refractivity contribution is -0.150. The van der Waals surface area contributed by atoms with Crippen molar-refractivity contribution < 1.29 is 28.4 Å². The summed E-state index contributed by atoms with van der Waals surface area (Å²) in [5.74, 6) is 0. The van der Waals surface area contributed by atoms with Crippen molar-refractivity contribution in [3.05, 3.63) is 181 Å². The molecule has 8 nitrogen and oxygen atoms in total. The molecule has 2 fully saturated rings. The fourth-order valence-corrected chi connectivity index (χ4v) is 12.8. The zero-order chi connectivity index (χ0) is 53.4. The quantitative estimate of drug-likeness (QED) is 0.0355. The topological polar surface area (TPSA) is 61.9 Å². The van der Waals surface area contributed by atoms with Gasteiger partial charge in [-0.05, 0) is 151 Å². The molecule has 10 aromatic rings. The second-order valence-electron chi connectivity index (χ2n) is 22.2. The molecule has 0 aliphatic carbocycles. The molecule has 9 heteroatoms. The van der Waals surface area contributed by atoms with Gasteiger partial charge in [-0.25, -0.2) is 0 Å². The summed E-state index contributed by atoms with van der Waals surface area (Å²) >= 11 is 1.86. The Kier molecular flexibility index (Phi) is 16.5. The van der Waals surface area contributed by atoms with Gasteiger partial charge in [0.15, 0.2) is 0 Å². The van der Waals surface area contributed by atoms with E-state index in [1.807, 2.05) is 11.3 Å². The molecule has 79 heavy (non-hydrogen) atoms. The summed E-state index contributed by atoms with van der Waals surface area (Å²) in [4.78, 5) is 4.90. The summed E-state index contributed by atoms with van der Waals surface area (Å²) < 4.78 is 38.0. The van der Waals surface area contributed by atoms with Crippen LogP contribution in [0.15, 0.2) is 170 Å². The standard InChI is InChI=1S/C70H74N2O6S/c1-3-69(47-77-48-69)45-75-41-14-6-12-39-73-43-51-23-31-56(32-24-51)71(55-17-8-5-9-18-55)61-37-29-53-28-36-59-62(38-30-54-27-35-58(61)66(53)67(54)59)72(63-20-16-22-65-68(63)60-19-10-11-21-64(60)79-65)57-33-25-52(26-34-57)44-74-40-13-7-15-42-76-46-70(4-2)49-78-50-70/h5,8-11,16-38H,3-4,6-7,12-15,39-50H2,1-2H3. The van der Waals surface area contributed by atoms with Gasteiger partial charge in [0.2, 0.25) is 0 Å². The molecule has 0 saturated carbocycles. The average Bonchev–Trinajstić information content (AvgIpc) is 4.07. The van der Waals surface area contributed by atoms with Gasteiger partial charge in [0.05, 0.1) is 69.9 Å². The van der Waals surface area contributed by atoms with Crippen molar-refractivity contribution in [1.29, 1.82) is 0 Å². The molecular formula is C70H74N2O6S. The summed E-state index contributed by atoms with van der Waals surface area (Å²) in [6, 6.07) is 62.9. The van der Waals surface area contributed by atoms with Crippen molar-refractivity contribution in [2.45, 2.75) is 78.4 Å². The van der Waals surface area contributed by atoms with Crippen LogP contribution in [0.3, 0.4) is 0 Å². The van der Waals surface area contributed by atoms with Crippen LogP contribution in [0.4, 0.5) is 34.1 Å². The monoisotopic (exact) mass is 1070 g/mol. The molecule has 0 unspecified atom stereocenters. The smallest absolute Gasteiger partial charge is 0.0716 e. The van der Waals surface area contributed by atoms with Crippen molar-refractivity contribution in [3.63, 3.8) is 0 Å². The van der Waals surface area contributed by atoms with E-state index in [2.05, 4.69) is 194 Å². The first kappa shape index (κ1) is 53.3. The summed E-state index contributed by atoms with van der Waals surface area (Å²) in [6.07, 6.45) is 8.58. The highest BCUT2D eigenvalue weighted by atomic mass is 32.1. The number of nitrogens with zero attached hydrogens (tertiary/aromatic N) is 2. The fourth-order valence-electron chi connectivity index (χ4n) is 11.7. The molecule has 0 amide bonds. The van der Waals surface area contributed by atoms with Crippen LogP contribution in [0.25, 0.3) is 52.5 Å². The summed E-state index contributed by atoms with van der Waals surface area (Å²) in [7, 11) is 0. The normalized spacial score (nSPS) is 14.9. The number of para-hydroxylation sites is 1. The predicted octanol–water partition coefficient (Wildman–Crippen LogP) is 18.2. The first-order valence-corrected chi connectivity index (χ1v) is 29.7. The van der Waals surface area contributed by atoms with Crippen LogP contribution < -0.4 is 9.80 Å². The number of rotatable bonds is 28. The highest BCUT2D eigenvalue weighted by molar-refractivity contribution is 7.26. The molecule has 3 heterocycles. The van der Waals surface area contributed by atoms with Gasteiger partial charge >= 0.3 is 0 Å². The maximum Gasteiger partial charge on any atom is 0.0716 e. The fraction of sp³-hybridized carbons (Fsp3) is 0.343. The van der Waals surface area contributed by atoms with E-state index in [-0.39, 0.29) is 10.8 Å². The first-order valence-electron chi connectivity index (χ1n) is 28.9. The third-order valence-electron chi connectivity index (χ3n) is 16.8. The van der Waals surface area contributed by atoms with E-state index in [0.29, 0.717) is 13.2 Å². The zero-order valence-corrected chi connectivity index (χ0v) is 46.9. The summed E-state index contributed by atoms with van der Waals surface area (Å²) in [6.45, 7) is 13.7.